The monoisotopic (exact) mass is 461 g/mol. The Morgan fingerprint density at radius 2 is 1.78 bits per heavy atom. The Morgan fingerprint density at radius 1 is 1.12 bits per heavy atom. The molecule has 2 atom stereocenters. The third-order valence-electron chi connectivity index (χ3n) is 5.36. The third kappa shape index (κ3) is 3.89. The summed E-state index contributed by atoms with van der Waals surface area (Å²) in [6.07, 6.45) is -0.427. The van der Waals surface area contributed by atoms with Crippen LogP contribution in [0.1, 0.15) is 40.4 Å². The molecule has 0 fully saturated rings. The van der Waals surface area contributed by atoms with Gasteiger partial charge in [-0.3, -0.25) is 4.79 Å². The summed E-state index contributed by atoms with van der Waals surface area (Å²) in [4.78, 5) is 12.1. The number of amides is 1. The van der Waals surface area contributed by atoms with Gasteiger partial charge in [-0.25, -0.2) is 8.78 Å². The number of carbonyl (C=O) groups is 1. The topological polar surface area (TPSA) is 81.8 Å². The highest BCUT2D eigenvalue weighted by atomic mass is 35.5. The molecular weight excluding hydrogens is 440 g/mol. The van der Waals surface area contributed by atoms with Crippen LogP contribution in [0.4, 0.5) is 8.78 Å². The number of hydrogen-bond acceptors (Lipinski definition) is 4. The lowest BCUT2D eigenvalue weighted by molar-refractivity contribution is 0.100. The van der Waals surface area contributed by atoms with Crippen molar-refractivity contribution >= 4 is 17.5 Å². The number of benzene rings is 3. The number of aliphatic hydroxyl groups is 1. The Balaban J connectivity index is 0.00000141. The minimum atomic E-state index is -0.869. The summed E-state index contributed by atoms with van der Waals surface area (Å²) < 4.78 is 41.2. The second kappa shape index (κ2) is 9.54. The molecule has 3 aromatic carbocycles. The average molecular weight is 462 g/mol. The van der Waals surface area contributed by atoms with Gasteiger partial charge in [-0.05, 0) is 17.7 Å². The van der Waals surface area contributed by atoms with Crippen LogP contribution < -0.4 is 15.2 Å². The van der Waals surface area contributed by atoms with E-state index in [2.05, 4.69) is 0 Å². The molecule has 168 valence electrons. The molecule has 0 aliphatic carbocycles. The number of hydrogen-bond donors (Lipinski definition) is 2. The fourth-order valence-corrected chi connectivity index (χ4v) is 4.22. The lowest BCUT2D eigenvalue weighted by Crippen LogP contribution is -2.14. The zero-order valence-electron chi connectivity index (χ0n) is 17.7. The van der Waals surface area contributed by atoms with E-state index in [0.717, 1.165) is 12.7 Å². The first-order valence-electron chi connectivity index (χ1n) is 9.70. The highest BCUT2D eigenvalue weighted by Gasteiger charge is 2.38. The molecule has 0 spiro atoms. The Kier molecular flexibility index (Phi) is 7.01. The summed E-state index contributed by atoms with van der Waals surface area (Å²) >= 11 is 6.32. The fourth-order valence-electron chi connectivity index (χ4n) is 3.97. The number of rotatable bonds is 4. The molecule has 8 heteroatoms. The molecule has 3 N–H and O–H groups in total. The zero-order valence-corrected chi connectivity index (χ0v) is 18.4. The maximum atomic E-state index is 15.4. The Labute approximate surface area is 189 Å². The first-order valence-corrected chi connectivity index (χ1v) is 10.1. The van der Waals surface area contributed by atoms with Crippen LogP contribution in [0.25, 0.3) is 11.1 Å². The molecule has 0 bridgehead atoms. The summed E-state index contributed by atoms with van der Waals surface area (Å²) in [5.74, 6) is -2.68. The Morgan fingerprint density at radius 3 is 2.38 bits per heavy atom. The highest BCUT2D eigenvalue weighted by molar-refractivity contribution is 6.34. The van der Waals surface area contributed by atoms with Crippen molar-refractivity contribution in [3.8, 4) is 22.6 Å². The molecule has 3 aromatic rings. The largest absolute Gasteiger partial charge is 0.494 e. The Bertz CT molecular complexity index is 1150. The van der Waals surface area contributed by atoms with E-state index in [1.807, 2.05) is 37.3 Å². The first kappa shape index (κ1) is 23.5. The number of carbonyl (C=O) groups excluding carboxylic acids is 1. The van der Waals surface area contributed by atoms with Gasteiger partial charge in [0, 0.05) is 35.8 Å². The van der Waals surface area contributed by atoms with E-state index in [1.54, 1.807) is 0 Å². The molecule has 32 heavy (non-hydrogen) atoms. The molecule has 0 saturated heterocycles. The molecule has 4 rings (SSSR count). The second-order valence-corrected chi connectivity index (χ2v) is 7.44. The molecule has 1 aliphatic rings. The highest BCUT2D eigenvalue weighted by Crippen LogP contribution is 2.53. The minimum absolute atomic E-state index is 0.0443. The van der Waals surface area contributed by atoms with Crippen LogP contribution in [0.5, 0.6) is 11.5 Å². The van der Waals surface area contributed by atoms with Crippen molar-refractivity contribution in [3.05, 3.63) is 81.9 Å². The van der Waals surface area contributed by atoms with Gasteiger partial charge < -0.3 is 20.3 Å². The van der Waals surface area contributed by atoms with Crippen molar-refractivity contribution in [3.63, 3.8) is 0 Å². The fraction of sp³-hybridized carbons (Fsp3) is 0.208. The maximum absolute atomic E-state index is 15.4. The van der Waals surface area contributed by atoms with Crippen LogP contribution >= 0.6 is 11.6 Å². The van der Waals surface area contributed by atoms with Crippen LogP contribution in [-0.2, 0) is 0 Å². The van der Waals surface area contributed by atoms with Gasteiger partial charge in [0.25, 0.3) is 0 Å². The van der Waals surface area contributed by atoms with Crippen LogP contribution in [0.2, 0.25) is 5.02 Å². The van der Waals surface area contributed by atoms with Crippen molar-refractivity contribution in [2.75, 3.05) is 14.2 Å². The van der Waals surface area contributed by atoms with Crippen LogP contribution in [0.15, 0.2) is 48.5 Å². The minimum Gasteiger partial charge on any atom is -0.494 e. The van der Waals surface area contributed by atoms with Crippen molar-refractivity contribution in [1.82, 2.24) is 0 Å². The van der Waals surface area contributed by atoms with Crippen LogP contribution in [0.3, 0.4) is 0 Å². The number of fused-ring (bicyclic) bond motifs is 1. The van der Waals surface area contributed by atoms with Crippen LogP contribution in [-0.4, -0.2) is 25.2 Å². The summed E-state index contributed by atoms with van der Waals surface area (Å²) in [6.45, 7) is 1.88. The number of nitrogens with two attached hydrogens (primary N) is 1. The SMILES string of the molecule is CO.COc1ccc(C(N)=O)c(-c2c(Cl)c(F)cc3c2[C@H](C)C(c2ccccc2)O3)c1F. The molecule has 1 heterocycles. The number of methoxy groups -OCH3 is 1. The number of aliphatic hydroxyl groups excluding tert-OH is 1. The molecule has 0 aromatic heterocycles. The molecule has 1 aliphatic heterocycles. The average Bonchev–Trinajstić information content (AvgIpc) is 3.12. The third-order valence-corrected chi connectivity index (χ3v) is 5.72. The summed E-state index contributed by atoms with van der Waals surface area (Å²) in [6, 6.07) is 13.2. The van der Waals surface area contributed by atoms with Gasteiger partial charge in [-0.1, -0.05) is 48.9 Å². The number of ether oxygens (including phenoxy) is 2. The predicted octanol–water partition coefficient (Wildman–Crippen LogP) is 5.24. The summed E-state index contributed by atoms with van der Waals surface area (Å²) in [7, 11) is 2.29. The molecule has 5 nitrogen and oxygen atoms in total. The summed E-state index contributed by atoms with van der Waals surface area (Å²) in [5, 5.41) is 6.69. The maximum Gasteiger partial charge on any atom is 0.249 e. The van der Waals surface area contributed by atoms with E-state index in [1.165, 1.54) is 25.3 Å². The molecule has 0 radical (unpaired) electrons. The first-order chi connectivity index (χ1) is 15.3. The second-order valence-electron chi connectivity index (χ2n) is 7.07. The molecule has 1 unspecified atom stereocenters. The Hall–Kier alpha value is -3.16. The van der Waals surface area contributed by atoms with Crippen molar-refractivity contribution < 1.29 is 28.2 Å². The van der Waals surface area contributed by atoms with Gasteiger partial charge in [0.15, 0.2) is 11.6 Å². The summed E-state index contributed by atoms with van der Waals surface area (Å²) in [5.41, 5.74) is 6.58. The van der Waals surface area contributed by atoms with E-state index in [0.29, 0.717) is 5.56 Å². The van der Waals surface area contributed by atoms with Gasteiger partial charge in [-0.15, -0.1) is 0 Å². The normalized spacial score (nSPS) is 16.5. The van der Waals surface area contributed by atoms with E-state index >= 15 is 4.39 Å². The predicted molar refractivity (Wildman–Crippen MR) is 118 cm³/mol. The van der Waals surface area contributed by atoms with Crippen molar-refractivity contribution in [1.29, 1.82) is 0 Å². The standard InChI is InChI=1S/C23H18ClF2NO3.CH4O/c1-11-17-16(30-22(11)12-6-4-3-5-7-12)10-14(25)20(24)19(17)18-13(23(27)28)8-9-15(29-2)21(18)26;1-2/h3-11,22H,1-2H3,(H2,27,28);2H,1H3/t11-,22?;/m0./s1. The number of halogens is 3. The quantitative estimate of drug-likeness (QED) is 0.556. The van der Waals surface area contributed by atoms with Crippen molar-refractivity contribution in [2.45, 2.75) is 18.9 Å². The van der Waals surface area contributed by atoms with E-state index in [9.17, 15) is 9.18 Å². The lowest BCUT2D eigenvalue weighted by atomic mass is 9.85. The van der Waals surface area contributed by atoms with Crippen LogP contribution in [0, 0.1) is 11.6 Å². The van der Waals surface area contributed by atoms with Crippen molar-refractivity contribution in [2.24, 2.45) is 5.73 Å². The molecule has 0 saturated carbocycles. The molecular formula is C24H22ClF2NO4. The van der Waals surface area contributed by atoms with Gasteiger partial charge in [0.1, 0.15) is 17.7 Å². The van der Waals surface area contributed by atoms with Gasteiger partial charge in [0.05, 0.1) is 17.7 Å². The molecule has 1 amide bonds. The smallest absolute Gasteiger partial charge is 0.249 e. The van der Waals surface area contributed by atoms with Gasteiger partial charge >= 0.3 is 0 Å². The van der Waals surface area contributed by atoms with Gasteiger partial charge in [-0.2, -0.15) is 0 Å². The van der Waals surface area contributed by atoms with E-state index < -0.39 is 23.6 Å². The van der Waals surface area contributed by atoms with E-state index in [-0.39, 0.29) is 39.1 Å². The van der Waals surface area contributed by atoms with Gasteiger partial charge in [0.2, 0.25) is 5.91 Å². The van der Waals surface area contributed by atoms with E-state index in [4.69, 9.17) is 31.9 Å². The zero-order chi connectivity index (χ0) is 23.6. The number of primary amides is 1. The lowest BCUT2D eigenvalue weighted by Gasteiger charge is -2.19.